The van der Waals surface area contributed by atoms with Gasteiger partial charge in [-0.1, -0.05) is 12.8 Å². The summed E-state index contributed by atoms with van der Waals surface area (Å²) in [6.45, 7) is 1.86. The van der Waals surface area contributed by atoms with E-state index in [1.807, 2.05) is 28.8 Å². The molecule has 1 spiro atoms. The van der Waals surface area contributed by atoms with Crippen LogP contribution < -0.4 is 0 Å². The summed E-state index contributed by atoms with van der Waals surface area (Å²) in [5.74, 6) is 0.182. The molecular weight excluding hydrogens is 304 g/mol. The Balaban J connectivity index is 1.68. The Labute approximate surface area is 123 Å². The van der Waals surface area contributed by atoms with Gasteiger partial charge in [-0.2, -0.15) is 0 Å². The van der Waals surface area contributed by atoms with Gasteiger partial charge in [-0.15, -0.1) is 0 Å². The van der Waals surface area contributed by atoms with E-state index < -0.39 is 0 Å². The highest BCUT2D eigenvalue weighted by atomic mass is 79.9. The van der Waals surface area contributed by atoms with Crippen LogP contribution in [0.3, 0.4) is 0 Å². The summed E-state index contributed by atoms with van der Waals surface area (Å²) < 4.78 is 2.88. The molecule has 0 radical (unpaired) electrons. The summed E-state index contributed by atoms with van der Waals surface area (Å²) in [7, 11) is 1.93. The number of amides is 1. The maximum Gasteiger partial charge on any atom is 0.270 e. The molecule has 104 valence electrons. The fraction of sp³-hybridized carbons (Fsp3) is 0.667. The number of hydrogen-bond acceptors (Lipinski definition) is 1. The number of carbonyl (C=O) groups is 1. The second-order valence-electron chi connectivity index (χ2n) is 6.15. The molecule has 0 unspecified atom stereocenters. The smallest absolute Gasteiger partial charge is 0.270 e. The first-order chi connectivity index (χ1) is 9.10. The van der Waals surface area contributed by atoms with Gasteiger partial charge in [0, 0.05) is 30.8 Å². The molecule has 1 amide bonds. The van der Waals surface area contributed by atoms with Crippen molar-refractivity contribution in [3.8, 4) is 0 Å². The lowest BCUT2D eigenvalue weighted by molar-refractivity contribution is 0.0578. The zero-order valence-electron chi connectivity index (χ0n) is 11.5. The minimum atomic E-state index is 0.182. The summed E-state index contributed by atoms with van der Waals surface area (Å²) in [5, 5.41) is 0. The minimum absolute atomic E-state index is 0.182. The number of carbonyl (C=O) groups excluding carboxylic acids is 1. The Kier molecular flexibility index (Phi) is 3.46. The lowest BCUT2D eigenvalue weighted by atomic mass is 9.77. The normalized spacial score (nSPS) is 22.1. The van der Waals surface area contributed by atoms with Crippen molar-refractivity contribution in [3.05, 3.63) is 22.4 Å². The first-order valence-electron chi connectivity index (χ1n) is 7.21. The number of nitrogens with zero attached hydrogens (tertiary/aromatic N) is 2. The van der Waals surface area contributed by atoms with Crippen LogP contribution >= 0.6 is 15.9 Å². The van der Waals surface area contributed by atoms with E-state index in [0.29, 0.717) is 5.41 Å². The van der Waals surface area contributed by atoms with Crippen molar-refractivity contribution in [2.24, 2.45) is 12.5 Å². The molecule has 1 aliphatic carbocycles. The third kappa shape index (κ3) is 2.47. The van der Waals surface area contributed by atoms with Crippen LogP contribution in [0.5, 0.6) is 0 Å². The number of aryl methyl sites for hydroxylation is 1. The van der Waals surface area contributed by atoms with Crippen molar-refractivity contribution in [2.45, 2.75) is 38.5 Å². The summed E-state index contributed by atoms with van der Waals surface area (Å²) in [5.41, 5.74) is 1.36. The Bertz CT molecular complexity index is 478. The summed E-state index contributed by atoms with van der Waals surface area (Å²) in [6.07, 6.45) is 9.87. The molecule has 2 heterocycles. The van der Waals surface area contributed by atoms with E-state index in [-0.39, 0.29) is 5.91 Å². The molecule has 1 aliphatic heterocycles. The SMILES string of the molecule is Cn1cc(Br)cc1C(=O)N1CCC2(CCCC2)CC1. The maximum atomic E-state index is 12.5. The van der Waals surface area contributed by atoms with Gasteiger partial charge in [-0.3, -0.25) is 4.79 Å². The van der Waals surface area contributed by atoms with E-state index in [0.717, 1.165) is 23.3 Å². The summed E-state index contributed by atoms with van der Waals surface area (Å²) in [4.78, 5) is 14.6. The first-order valence-corrected chi connectivity index (χ1v) is 8.00. The topological polar surface area (TPSA) is 25.2 Å². The van der Waals surface area contributed by atoms with Crippen LogP contribution in [0, 0.1) is 5.41 Å². The van der Waals surface area contributed by atoms with Crippen molar-refractivity contribution in [1.82, 2.24) is 9.47 Å². The van der Waals surface area contributed by atoms with Crippen LogP contribution in [0.25, 0.3) is 0 Å². The maximum absolute atomic E-state index is 12.5. The molecule has 2 fully saturated rings. The summed E-state index contributed by atoms with van der Waals surface area (Å²) >= 11 is 3.43. The molecule has 1 saturated heterocycles. The van der Waals surface area contributed by atoms with E-state index in [1.165, 1.54) is 38.5 Å². The van der Waals surface area contributed by atoms with E-state index in [9.17, 15) is 4.79 Å². The van der Waals surface area contributed by atoms with E-state index in [4.69, 9.17) is 0 Å². The van der Waals surface area contributed by atoms with Crippen LogP contribution in [-0.2, 0) is 7.05 Å². The van der Waals surface area contributed by atoms with E-state index in [2.05, 4.69) is 15.9 Å². The molecule has 1 saturated carbocycles. The molecule has 4 heteroatoms. The largest absolute Gasteiger partial charge is 0.345 e. The Hall–Kier alpha value is -0.770. The van der Waals surface area contributed by atoms with Crippen LogP contribution in [0.15, 0.2) is 16.7 Å². The number of halogens is 1. The monoisotopic (exact) mass is 324 g/mol. The second-order valence-corrected chi connectivity index (χ2v) is 7.07. The molecule has 3 nitrogen and oxygen atoms in total. The molecule has 0 bridgehead atoms. The predicted molar refractivity (Wildman–Crippen MR) is 79.2 cm³/mol. The number of rotatable bonds is 1. The van der Waals surface area contributed by atoms with Crippen LogP contribution in [0.1, 0.15) is 49.0 Å². The Morgan fingerprint density at radius 1 is 1.21 bits per heavy atom. The van der Waals surface area contributed by atoms with Gasteiger partial charge >= 0.3 is 0 Å². The fourth-order valence-electron chi connectivity index (χ4n) is 3.71. The zero-order valence-corrected chi connectivity index (χ0v) is 13.1. The lowest BCUT2D eigenvalue weighted by Crippen LogP contribution is -2.42. The average Bonchev–Trinajstić information content (AvgIpc) is 2.97. The highest BCUT2D eigenvalue weighted by Gasteiger charge is 2.38. The van der Waals surface area contributed by atoms with Gasteiger partial charge in [-0.25, -0.2) is 0 Å². The highest BCUT2D eigenvalue weighted by Crippen LogP contribution is 2.46. The van der Waals surface area contributed by atoms with Gasteiger partial charge < -0.3 is 9.47 Å². The van der Waals surface area contributed by atoms with E-state index >= 15 is 0 Å². The molecule has 1 aromatic heterocycles. The lowest BCUT2D eigenvalue weighted by Gasteiger charge is -2.39. The van der Waals surface area contributed by atoms with Gasteiger partial charge in [0.2, 0.25) is 0 Å². The predicted octanol–water partition coefficient (Wildman–Crippen LogP) is 3.58. The van der Waals surface area contributed by atoms with Crippen molar-refractivity contribution in [3.63, 3.8) is 0 Å². The molecule has 0 atom stereocenters. The van der Waals surface area contributed by atoms with Crippen LogP contribution in [0.4, 0.5) is 0 Å². The number of hydrogen-bond donors (Lipinski definition) is 0. The van der Waals surface area contributed by atoms with Gasteiger partial charge in [0.05, 0.1) is 0 Å². The number of aromatic nitrogens is 1. The quantitative estimate of drug-likeness (QED) is 0.775. The molecule has 3 rings (SSSR count). The second kappa shape index (κ2) is 4.97. The Morgan fingerprint density at radius 2 is 1.84 bits per heavy atom. The van der Waals surface area contributed by atoms with Crippen molar-refractivity contribution in [2.75, 3.05) is 13.1 Å². The van der Waals surface area contributed by atoms with Gasteiger partial charge in [0.15, 0.2) is 0 Å². The third-order valence-electron chi connectivity index (χ3n) is 4.97. The van der Waals surface area contributed by atoms with Gasteiger partial charge in [0.25, 0.3) is 5.91 Å². The van der Waals surface area contributed by atoms with Crippen LogP contribution in [-0.4, -0.2) is 28.5 Å². The zero-order chi connectivity index (χ0) is 13.5. The average molecular weight is 325 g/mol. The van der Waals surface area contributed by atoms with Crippen molar-refractivity contribution >= 4 is 21.8 Å². The molecule has 0 N–H and O–H groups in total. The number of piperidine rings is 1. The molecule has 2 aliphatic rings. The van der Waals surface area contributed by atoms with Crippen LogP contribution in [0.2, 0.25) is 0 Å². The van der Waals surface area contributed by atoms with E-state index in [1.54, 1.807) is 0 Å². The highest BCUT2D eigenvalue weighted by molar-refractivity contribution is 9.10. The molecular formula is C15H21BrN2O. The van der Waals surface area contributed by atoms with Gasteiger partial charge in [0.1, 0.15) is 5.69 Å². The third-order valence-corrected chi connectivity index (χ3v) is 5.40. The van der Waals surface area contributed by atoms with Crippen molar-refractivity contribution in [1.29, 1.82) is 0 Å². The molecule has 19 heavy (non-hydrogen) atoms. The van der Waals surface area contributed by atoms with Gasteiger partial charge in [-0.05, 0) is 53.1 Å². The molecule has 1 aromatic rings. The summed E-state index contributed by atoms with van der Waals surface area (Å²) in [6, 6.07) is 1.92. The number of likely N-dealkylation sites (tertiary alicyclic amines) is 1. The fourth-order valence-corrected chi connectivity index (χ4v) is 4.23. The Morgan fingerprint density at radius 3 is 2.37 bits per heavy atom. The standard InChI is InChI=1S/C15H21BrN2O/c1-17-11-12(16)10-13(17)14(19)18-8-6-15(7-9-18)4-2-3-5-15/h10-11H,2-9H2,1H3. The molecule has 0 aromatic carbocycles. The van der Waals surface area contributed by atoms with Crippen molar-refractivity contribution < 1.29 is 4.79 Å². The minimum Gasteiger partial charge on any atom is -0.345 e. The first kappa shape index (κ1) is 13.2.